The summed E-state index contributed by atoms with van der Waals surface area (Å²) in [6.45, 7) is 1.07. The van der Waals surface area contributed by atoms with Crippen LogP contribution in [0.15, 0.2) is 30.6 Å². The standard InChI is InChI=1S/C19H21F3N4O3/c1-28-17(27)6-8-26(12-14-5-3-9-29-14)16-10-15(19(20,21)22)24-18(25-16)13-4-2-7-23-11-13/h2,4,7,10-11,14H,3,5-6,8-9,12H2,1H3/t14-/m1/s1. The highest BCUT2D eigenvalue weighted by Gasteiger charge is 2.34. The minimum absolute atomic E-state index is 0.0107. The first-order valence-corrected chi connectivity index (χ1v) is 9.17. The third-order valence-corrected chi connectivity index (χ3v) is 4.51. The molecule has 0 amide bonds. The summed E-state index contributed by atoms with van der Waals surface area (Å²) in [6.07, 6.45) is -0.187. The number of pyridine rings is 1. The Bertz CT molecular complexity index is 827. The molecule has 2 aromatic rings. The molecule has 0 N–H and O–H groups in total. The smallest absolute Gasteiger partial charge is 0.433 e. The molecular formula is C19H21F3N4O3. The first-order valence-electron chi connectivity index (χ1n) is 9.17. The van der Waals surface area contributed by atoms with Gasteiger partial charge in [0.25, 0.3) is 0 Å². The SMILES string of the molecule is COC(=O)CCN(C[C@H]1CCCO1)c1cc(C(F)(F)F)nc(-c2cccnc2)n1. The zero-order valence-corrected chi connectivity index (χ0v) is 15.9. The highest BCUT2D eigenvalue weighted by Crippen LogP contribution is 2.32. The number of aromatic nitrogens is 3. The highest BCUT2D eigenvalue weighted by atomic mass is 19.4. The maximum atomic E-state index is 13.5. The van der Waals surface area contributed by atoms with E-state index in [4.69, 9.17) is 4.74 Å². The summed E-state index contributed by atoms with van der Waals surface area (Å²) in [5.74, 6) is -0.469. The van der Waals surface area contributed by atoms with E-state index in [-0.39, 0.29) is 30.7 Å². The second-order valence-electron chi connectivity index (χ2n) is 6.58. The molecule has 1 aliphatic rings. The van der Waals surface area contributed by atoms with Gasteiger partial charge in [0.05, 0.1) is 19.6 Å². The molecule has 2 aromatic heterocycles. The maximum Gasteiger partial charge on any atom is 0.433 e. The fraction of sp³-hybridized carbons (Fsp3) is 0.474. The van der Waals surface area contributed by atoms with Crippen LogP contribution < -0.4 is 4.90 Å². The molecule has 0 saturated carbocycles. The van der Waals surface area contributed by atoms with E-state index in [9.17, 15) is 18.0 Å². The second kappa shape index (κ2) is 9.17. The van der Waals surface area contributed by atoms with Gasteiger partial charge in [0.1, 0.15) is 5.82 Å². The molecule has 1 fully saturated rings. The van der Waals surface area contributed by atoms with Crippen LogP contribution in [0.25, 0.3) is 11.4 Å². The van der Waals surface area contributed by atoms with Gasteiger partial charge in [-0.05, 0) is 25.0 Å². The molecule has 29 heavy (non-hydrogen) atoms. The first kappa shape index (κ1) is 21.0. The molecule has 7 nitrogen and oxygen atoms in total. The normalized spacial score (nSPS) is 16.6. The number of alkyl halides is 3. The minimum atomic E-state index is -4.65. The number of carbonyl (C=O) groups is 1. The number of ether oxygens (including phenoxy) is 2. The fourth-order valence-electron chi connectivity index (χ4n) is 3.03. The summed E-state index contributed by atoms with van der Waals surface area (Å²) >= 11 is 0. The van der Waals surface area contributed by atoms with Gasteiger partial charge in [-0.15, -0.1) is 0 Å². The summed E-state index contributed by atoms with van der Waals surface area (Å²) in [6, 6.07) is 4.08. The van der Waals surface area contributed by atoms with Crippen LogP contribution in [0.4, 0.5) is 19.0 Å². The van der Waals surface area contributed by atoms with Crippen LogP contribution in [0, 0.1) is 0 Å². The van der Waals surface area contributed by atoms with E-state index in [1.807, 2.05) is 0 Å². The Kier molecular flexibility index (Phi) is 6.63. The van der Waals surface area contributed by atoms with Crippen molar-refractivity contribution in [2.24, 2.45) is 0 Å². The lowest BCUT2D eigenvalue weighted by molar-refractivity contribution is -0.141. The molecule has 1 atom stereocenters. The van der Waals surface area contributed by atoms with E-state index < -0.39 is 17.8 Å². The monoisotopic (exact) mass is 410 g/mol. The van der Waals surface area contributed by atoms with E-state index in [2.05, 4.69) is 19.7 Å². The number of methoxy groups -OCH3 is 1. The van der Waals surface area contributed by atoms with Gasteiger partial charge in [-0.25, -0.2) is 9.97 Å². The molecule has 0 aromatic carbocycles. The Hall–Kier alpha value is -2.75. The molecule has 0 aliphatic carbocycles. The molecule has 0 unspecified atom stereocenters. The summed E-state index contributed by atoms with van der Waals surface area (Å²) in [5.41, 5.74) is -0.693. The van der Waals surface area contributed by atoms with Gasteiger partial charge in [0.2, 0.25) is 0 Å². The van der Waals surface area contributed by atoms with Gasteiger partial charge in [-0.1, -0.05) is 0 Å². The van der Waals surface area contributed by atoms with E-state index in [0.717, 1.165) is 18.9 Å². The molecule has 0 radical (unpaired) electrons. The van der Waals surface area contributed by atoms with Gasteiger partial charge in [0, 0.05) is 43.7 Å². The summed E-state index contributed by atoms with van der Waals surface area (Å²) in [5, 5.41) is 0. The van der Waals surface area contributed by atoms with Gasteiger partial charge < -0.3 is 14.4 Å². The van der Waals surface area contributed by atoms with E-state index in [0.29, 0.717) is 18.7 Å². The number of nitrogens with zero attached hydrogens (tertiary/aromatic N) is 4. The summed E-state index contributed by atoms with van der Waals surface area (Å²) < 4.78 is 50.7. The fourth-order valence-corrected chi connectivity index (χ4v) is 3.03. The number of esters is 1. The topological polar surface area (TPSA) is 77.4 Å². The summed E-state index contributed by atoms with van der Waals surface area (Å²) in [4.78, 5) is 25.1. The minimum Gasteiger partial charge on any atom is -0.469 e. The number of rotatable bonds is 7. The third-order valence-electron chi connectivity index (χ3n) is 4.51. The Morgan fingerprint density at radius 2 is 2.21 bits per heavy atom. The van der Waals surface area contributed by atoms with Crippen LogP contribution >= 0.6 is 0 Å². The average Bonchev–Trinajstić information content (AvgIpc) is 3.23. The van der Waals surface area contributed by atoms with E-state index in [1.165, 1.54) is 19.5 Å². The largest absolute Gasteiger partial charge is 0.469 e. The van der Waals surface area contributed by atoms with Crippen molar-refractivity contribution in [3.05, 3.63) is 36.3 Å². The molecular weight excluding hydrogens is 389 g/mol. The molecule has 10 heteroatoms. The van der Waals surface area contributed by atoms with Crippen LogP contribution in [0.1, 0.15) is 25.0 Å². The first-order chi connectivity index (χ1) is 13.9. The van der Waals surface area contributed by atoms with Crippen molar-refractivity contribution in [2.45, 2.75) is 31.5 Å². The Labute approximate surface area is 165 Å². The Morgan fingerprint density at radius 3 is 2.83 bits per heavy atom. The number of halogens is 3. The number of anilines is 1. The number of carbonyl (C=O) groups excluding carboxylic acids is 1. The van der Waals surface area contributed by atoms with E-state index in [1.54, 1.807) is 17.0 Å². The second-order valence-corrected chi connectivity index (χ2v) is 6.58. The highest BCUT2D eigenvalue weighted by molar-refractivity contribution is 5.70. The van der Waals surface area contributed by atoms with Crippen molar-refractivity contribution in [3.63, 3.8) is 0 Å². The lowest BCUT2D eigenvalue weighted by Crippen LogP contribution is -2.35. The molecule has 3 rings (SSSR count). The van der Waals surface area contributed by atoms with Crippen molar-refractivity contribution in [1.29, 1.82) is 0 Å². The van der Waals surface area contributed by atoms with Crippen LogP contribution in [-0.4, -0.2) is 53.8 Å². The van der Waals surface area contributed by atoms with E-state index >= 15 is 0 Å². The van der Waals surface area contributed by atoms with Crippen LogP contribution in [0.3, 0.4) is 0 Å². The van der Waals surface area contributed by atoms with Crippen LogP contribution in [-0.2, 0) is 20.4 Å². The van der Waals surface area contributed by atoms with Gasteiger partial charge in [-0.3, -0.25) is 9.78 Å². The Morgan fingerprint density at radius 1 is 1.38 bits per heavy atom. The van der Waals surface area contributed by atoms with Crippen LogP contribution in [0.2, 0.25) is 0 Å². The van der Waals surface area contributed by atoms with Gasteiger partial charge >= 0.3 is 12.1 Å². The molecule has 0 bridgehead atoms. The zero-order chi connectivity index (χ0) is 20.9. The molecule has 156 valence electrons. The molecule has 3 heterocycles. The van der Waals surface area contributed by atoms with Gasteiger partial charge in [0.15, 0.2) is 11.5 Å². The lowest BCUT2D eigenvalue weighted by atomic mass is 10.2. The zero-order valence-electron chi connectivity index (χ0n) is 15.9. The molecule has 1 saturated heterocycles. The quantitative estimate of drug-likeness (QED) is 0.649. The molecule has 1 aliphatic heterocycles. The summed E-state index contributed by atoms with van der Waals surface area (Å²) in [7, 11) is 1.26. The predicted molar refractivity (Wildman–Crippen MR) is 98.1 cm³/mol. The van der Waals surface area contributed by atoms with Crippen molar-refractivity contribution < 1.29 is 27.4 Å². The number of hydrogen-bond acceptors (Lipinski definition) is 7. The van der Waals surface area contributed by atoms with Gasteiger partial charge in [-0.2, -0.15) is 13.2 Å². The number of hydrogen-bond donors (Lipinski definition) is 0. The van der Waals surface area contributed by atoms with Crippen molar-refractivity contribution in [2.75, 3.05) is 31.7 Å². The lowest BCUT2D eigenvalue weighted by Gasteiger charge is -2.27. The maximum absolute atomic E-state index is 13.5. The van der Waals surface area contributed by atoms with Crippen molar-refractivity contribution in [3.8, 4) is 11.4 Å². The Balaban J connectivity index is 1.98. The van der Waals surface area contributed by atoms with Crippen LogP contribution in [0.5, 0.6) is 0 Å². The van der Waals surface area contributed by atoms with Crippen molar-refractivity contribution in [1.82, 2.24) is 15.0 Å². The average molecular weight is 410 g/mol. The molecule has 0 spiro atoms. The van der Waals surface area contributed by atoms with Crippen molar-refractivity contribution >= 4 is 11.8 Å². The third kappa shape index (κ3) is 5.63. The predicted octanol–water partition coefficient (Wildman–Crippen LogP) is 3.11.